The predicted octanol–water partition coefficient (Wildman–Crippen LogP) is 2.31. The molecule has 0 bridgehead atoms. The van der Waals surface area contributed by atoms with E-state index in [-0.39, 0.29) is 39.8 Å². The molecule has 7 heteroatoms. The molecule has 1 amide bonds. The maximum absolute atomic E-state index is 12.9. The van der Waals surface area contributed by atoms with E-state index < -0.39 is 9.84 Å². The van der Waals surface area contributed by atoms with Gasteiger partial charge in [0, 0.05) is 11.3 Å². The quantitative estimate of drug-likeness (QED) is 0.889. The first-order valence-corrected chi connectivity index (χ1v) is 9.95. The smallest absolute Gasteiger partial charge is 0.233 e. The van der Waals surface area contributed by atoms with Gasteiger partial charge in [0.2, 0.25) is 5.91 Å². The fourth-order valence-corrected chi connectivity index (χ4v) is 5.20. The first kappa shape index (κ1) is 17.3. The molecule has 0 saturated carbocycles. The summed E-state index contributed by atoms with van der Waals surface area (Å²) in [6, 6.07) is 5.95. The molecule has 0 aliphatic carbocycles. The summed E-state index contributed by atoms with van der Waals surface area (Å²) in [6.45, 7) is 3.76. The molecule has 1 fully saturated rings. The van der Waals surface area contributed by atoms with Crippen LogP contribution >= 0.6 is 11.8 Å². The van der Waals surface area contributed by atoms with E-state index in [1.165, 1.54) is 23.9 Å². The summed E-state index contributed by atoms with van der Waals surface area (Å²) < 4.78 is 35.7. The van der Waals surface area contributed by atoms with Crippen molar-refractivity contribution in [3.05, 3.63) is 35.6 Å². The number of sulfone groups is 1. The molecular weight excluding hydrogens is 325 g/mol. The molecule has 3 atom stereocenters. The number of carbonyl (C=O) groups is 1. The number of amides is 1. The first-order chi connectivity index (χ1) is 10.3. The van der Waals surface area contributed by atoms with Crippen LogP contribution in [-0.4, -0.2) is 37.1 Å². The zero-order chi connectivity index (χ0) is 16.3. The lowest BCUT2D eigenvalue weighted by Crippen LogP contribution is -2.40. The molecule has 122 valence electrons. The SMILES string of the molecule is CC(SC(C)c1ccc(F)cc1)C(=O)NC1CCS(=O)(=O)C1. The number of halogens is 1. The van der Waals surface area contributed by atoms with Crippen molar-refractivity contribution in [1.29, 1.82) is 0 Å². The van der Waals surface area contributed by atoms with Crippen LogP contribution in [0.1, 0.15) is 31.1 Å². The number of thioether (sulfide) groups is 1. The van der Waals surface area contributed by atoms with Crippen LogP contribution in [0.25, 0.3) is 0 Å². The zero-order valence-electron chi connectivity index (χ0n) is 12.6. The summed E-state index contributed by atoms with van der Waals surface area (Å²) in [5, 5.41) is 2.55. The highest BCUT2D eigenvalue weighted by Gasteiger charge is 2.30. The van der Waals surface area contributed by atoms with Gasteiger partial charge in [-0.3, -0.25) is 4.79 Å². The Balaban J connectivity index is 1.87. The fraction of sp³-hybridized carbons (Fsp3) is 0.533. The number of nitrogens with one attached hydrogen (secondary N) is 1. The molecule has 0 aromatic heterocycles. The van der Waals surface area contributed by atoms with E-state index >= 15 is 0 Å². The number of rotatable bonds is 5. The van der Waals surface area contributed by atoms with Gasteiger partial charge in [-0.15, -0.1) is 11.8 Å². The van der Waals surface area contributed by atoms with Gasteiger partial charge < -0.3 is 5.32 Å². The Kier molecular flexibility index (Phi) is 5.50. The normalized spacial score (nSPS) is 23.0. The minimum atomic E-state index is -2.99. The first-order valence-electron chi connectivity index (χ1n) is 7.18. The molecule has 1 aromatic carbocycles. The third-order valence-corrected chi connectivity index (χ3v) is 6.77. The third kappa shape index (κ3) is 4.71. The molecule has 0 spiro atoms. The van der Waals surface area contributed by atoms with Crippen molar-refractivity contribution in [3.63, 3.8) is 0 Å². The second kappa shape index (κ2) is 7.00. The van der Waals surface area contributed by atoms with Gasteiger partial charge in [-0.1, -0.05) is 12.1 Å². The van der Waals surface area contributed by atoms with E-state index in [9.17, 15) is 17.6 Å². The number of hydrogen-bond acceptors (Lipinski definition) is 4. The Bertz CT molecular complexity index is 631. The molecule has 0 radical (unpaired) electrons. The lowest BCUT2D eigenvalue weighted by molar-refractivity contribution is -0.120. The summed E-state index contributed by atoms with van der Waals surface area (Å²) >= 11 is 1.47. The lowest BCUT2D eigenvalue weighted by atomic mass is 10.2. The van der Waals surface area contributed by atoms with Crippen LogP contribution in [0.2, 0.25) is 0 Å². The molecule has 22 heavy (non-hydrogen) atoms. The number of benzene rings is 1. The molecule has 1 saturated heterocycles. The van der Waals surface area contributed by atoms with Gasteiger partial charge in [-0.2, -0.15) is 0 Å². The minimum Gasteiger partial charge on any atom is -0.351 e. The number of carbonyl (C=O) groups excluding carboxylic acids is 1. The molecule has 2 rings (SSSR count). The molecule has 1 heterocycles. The zero-order valence-corrected chi connectivity index (χ0v) is 14.2. The maximum atomic E-state index is 12.9. The van der Waals surface area contributed by atoms with Crippen LogP contribution in [0.5, 0.6) is 0 Å². The average molecular weight is 345 g/mol. The molecular formula is C15H20FNO3S2. The average Bonchev–Trinajstić information content (AvgIpc) is 2.78. The second-order valence-electron chi connectivity index (χ2n) is 5.58. The highest BCUT2D eigenvalue weighted by molar-refractivity contribution is 8.00. The molecule has 3 unspecified atom stereocenters. The van der Waals surface area contributed by atoms with Gasteiger partial charge in [-0.05, 0) is 38.0 Å². The van der Waals surface area contributed by atoms with Crippen LogP contribution in [0, 0.1) is 5.82 Å². The molecule has 1 N–H and O–H groups in total. The van der Waals surface area contributed by atoms with Gasteiger partial charge in [-0.25, -0.2) is 12.8 Å². The van der Waals surface area contributed by atoms with Crippen molar-refractivity contribution in [1.82, 2.24) is 5.32 Å². The van der Waals surface area contributed by atoms with Gasteiger partial charge in [0.05, 0.1) is 16.8 Å². The van der Waals surface area contributed by atoms with Crippen molar-refractivity contribution in [2.24, 2.45) is 0 Å². The van der Waals surface area contributed by atoms with Crippen LogP contribution in [0.4, 0.5) is 4.39 Å². The van der Waals surface area contributed by atoms with Crippen molar-refractivity contribution < 1.29 is 17.6 Å². The Morgan fingerprint density at radius 3 is 2.50 bits per heavy atom. The van der Waals surface area contributed by atoms with E-state index in [1.807, 2.05) is 6.92 Å². The Morgan fingerprint density at radius 1 is 1.32 bits per heavy atom. The number of hydrogen-bond donors (Lipinski definition) is 1. The van der Waals surface area contributed by atoms with Crippen molar-refractivity contribution in [3.8, 4) is 0 Å². The summed E-state index contributed by atoms with van der Waals surface area (Å²) in [6.07, 6.45) is 0.485. The van der Waals surface area contributed by atoms with Crippen LogP contribution in [-0.2, 0) is 14.6 Å². The summed E-state index contributed by atoms with van der Waals surface area (Å²) in [5.74, 6) is -0.259. The third-order valence-electron chi connectivity index (χ3n) is 3.70. The van der Waals surface area contributed by atoms with E-state index in [1.54, 1.807) is 19.1 Å². The fourth-order valence-electron chi connectivity index (χ4n) is 2.41. The van der Waals surface area contributed by atoms with E-state index in [2.05, 4.69) is 5.32 Å². The molecule has 1 aliphatic rings. The Labute approximate surface area is 134 Å². The molecule has 1 aromatic rings. The topological polar surface area (TPSA) is 63.2 Å². The highest BCUT2D eigenvalue weighted by atomic mass is 32.2. The summed E-state index contributed by atoms with van der Waals surface area (Å²) in [7, 11) is -2.99. The van der Waals surface area contributed by atoms with E-state index in [4.69, 9.17) is 0 Å². The van der Waals surface area contributed by atoms with Crippen LogP contribution < -0.4 is 5.32 Å². The summed E-state index contributed by atoms with van der Waals surface area (Å²) in [4.78, 5) is 12.1. The lowest BCUT2D eigenvalue weighted by Gasteiger charge is -2.19. The Morgan fingerprint density at radius 2 is 1.95 bits per heavy atom. The van der Waals surface area contributed by atoms with Crippen molar-refractivity contribution >= 4 is 27.5 Å². The summed E-state index contributed by atoms with van der Waals surface area (Å²) in [5.41, 5.74) is 0.953. The van der Waals surface area contributed by atoms with E-state index in [0.717, 1.165) is 5.56 Å². The highest BCUT2D eigenvalue weighted by Crippen LogP contribution is 2.32. The largest absolute Gasteiger partial charge is 0.351 e. The van der Waals surface area contributed by atoms with Gasteiger partial charge >= 0.3 is 0 Å². The van der Waals surface area contributed by atoms with Gasteiger partial charge in [0.1, 0.15) is 5.82 Å². The molecule has 1 aliphatic heterocycles. The van der Waals surface area contributed by atoms with Crippen LogP contribution in [0.15, 0.2) is 24.3 Å². The maximum Gasteiger partial charge on any atom is 0.233 e. The predicted molar refractivity (Wildman–Crippen MR) is 87.1 cm³/mol. The Hall–Kier alpha value is -1.08. The monoisotopic (exact) mass is 345 g/mol. The molecule has 4 nitrogen and oxygen atoms in total. The second-order valence-corrected chi connectivity index (χ2v) is 9.50. The van der Waals surface area contributed by atoms with Crippen LogP contribution in [0.3, 0.4) is 0 Å². The van der Waals surface area contributed by atoms with Crippen molar-refractivity contribution in [2.45, 2.75) is 36.8 Å². The van der Waals surface area contributed by atoms with Gasteiger partial charge in [0.15, 0.2) is 9.84 Å². The van der Waals surface area contributed by atoms with Gasteiger partial charge in [0.25, 0.3) is 0 Å². The minimum absolute atomic E-state index is 0.0314. The van der Waals surface area contributed by atoms with E-state index in [0.29, 0.717) is 6.42 Å². The van der Waals surface area contributed by atoms with Crippen molar-refractivity contribution in [2.75, 3.05) is 11.5 Å². The standard InChI is InChI=1S/C15H20FNO3S2/c1-10(12-3-5-13(16)6-4-12)21-11(2)15(18)17-14-7-8-22(19,20)9-14/h3-6,10-11,14H,7-9H2,1-2H3,(H,17,18).